The molecule has 1 unspecified atom stereocenters. The van der Waals surface area contributed by atoms with Crippen molar-refractivity contribution < 1.29 is 14.3 Å². The predicted octanol–water partition coefficient (Wildman–Crippen LogP) is 1.17. The van der Waals surface area contributed by atoms with Crippen LogP contribution in [0.1, 0.15) is 29.0 Å². The summed E-state index contributed by atoms with van der Waals surface area (Å²) >= 11 is 0. The van der Waals surface area contributed by atoms with Gasteiger partial charge in [-0.3, -0.25) is 4.79 Å². The van der Waals surface area contributed by atoms with E-state index in [2.05, 4.69) is 4.98 Å². The molecule has 2 rings (SSSR count). The second kappa shape index (κ2) is 5.16. The first-order valence-electron chi connectivity index (χ1n) is 5.96. The van der Waals surface area contributed by atoms with Crippen LogP contribution in [0.25, 0.3) is 0 Å². The van der Waals surface area contributed by atoms with Crippen LogP contribution in [0.5, 0.6) is 0 Å². The Morgan fingerprint density at radius 1 is 1.44 bits per heavy atom. The van der Waals surface area contributed by atoms with Crippen LogP contribution in [0.4, 0.5) is 0 Å². The second-order valence-corrected chi connectivity index (χ2v) is 4.34. The standard InChI is InChI=1S/C13H16N2O3/c1-9-5-3-6-10(14-9)12(16)15-8-4-7-11(15)13(17)18-2/h3,5-6,11H,4,7-8H2,1-2H3. The van der Waals surface area contributed by atoms with E-state index in [4.69, 9.17) is 4.74 Å². The number of amides is 1. The topological polar surface area (TPSA) is 59.5 Å². The van der Waals surface area contributed by atoms with E-state index >= 15 is 0 Å². The summed E-state index contributed by atoms with van der Waals surface area (Å²) in [6, 6.07) is 4.82. The third-order valence-electron chi connectivity index (χ3n) is 3.09. The number of nitrogens with zero attached hydrogens (tertiary/aromatic N) is 2. The molecule has 1 amide bonds. The molecule has 1 aliphatic rings. The maximum atomic E-state index is 12.3. The highest BCUT2D eigenvalue weighted by molar-refractivity contribution is 5.95. The van der Waals surface area contributed by atoms with Gasteiger partial charge in [0, 0.05) is 12.2 Å². The average Bonchev–Trinajstić information content (AvgIpc) is 2.86. The zero-order valence-corrected chi connectivity index (χ0v) is 10.5. The number of methoxy groups -OCH3 is 1. The van der Waals surface area contributed by atoms with Gasteiger partial charge in [-0.1, -0.05) is 6.07 Å². The Hall–Kier alpha value is -1.91. The van der Waals surface area contributed by atoms with Gasteiger partial charge in [0.05, 0.1) is 7.11 Å². The highest BCUT2D eigenvalue weighted by Crippen LogP contribution is 2.20. The number of aryl methyl sites for hydroxylation is 1. The number of aromatic nitrogens is 1. The van der Waals surface area contributed by atoms with Crippen molar-refractivity contribution in [3.8, 4) is 0 Å². The molecule has 18 heavy (non-hydrogen) atoms. The first-order chi connectivity index (χ1) is 8.63. The molecule has 0 spiro atoms. The number of rotatable bonds is 2. The highest BCUT2D eigenvalue weighted by atomic mass is 16.5. The fraction of sp³-hybridized carbons (Fsp3) is 0.462. The first-order valence-corrected chi connectivity index (χ1v) is 5.96. The number of carbonyl (C=O) groups excluding carboxylic acids is 2. The van der Waals surface area contributed by atoms with Crippen LogP contribution in [0, 0.1) is 6.92 Å². The lowest BCUT2D eigenvalue weighted by Crippen LogP contribution is -2.41. The Morgan fingerprint density at radius 3 is 2.89 bits per heavy atom. The number of carbonyl (C=O) groups is 2. The molecule has 1 fully saturated rings. The molecular formula is C13H16N2O3. The molecule has 1 saturated heterocycles. The van der Waals surface area contributed by atoms with Crippen molar-refractivity contribution in [1.29, 1.82) is 0 Å². The Kier molecular flexibility index (Phi) is 3.60. The van der Waals surface area contributed by atoms with Crippen LogP contribution in [-0.4, -0.2) is 41.5 Å². The van der Waals surface area contributed by atoms with Crippen LogP contribution in [0.2, 0.25) is 0 Å². The minimum Gasteiger partial charge on any atom is -0.467 e. The molecule has 96 valence electrons. The third-order valence-corrected chi connectivity index (χ3v) is 3.09. The van der Waals surface area contributed by atoms with Crippen molar-refractivity contribution in [2.24, 2.45) is 0 Å². The molecule has 5 heteroatoms. The Balaban J connectivity index is 2.20. The van der Waals surface area contributed by atoms with Crippen molar-refractivity contribution in [3.05, 3.63) is 29.6 Å². The molecular weight excluding hydrogens is 232 g/mol. The summed E-state index contributed by atoms with van der Waals surface area (Å²) in [6.07, 6.45) is 1.47. The Bertz CT molecular complexity index is 473. The molecule has 0 radical (unpaired) electrons. The zero-order valence-electron chi connectivity index (χ0n) is 10.5. The average molecular weight is 248 g/mol. The van der Waals surface area contributed by atoms with E-state index in [0.717, 1.165) is 12.1 Å². The van der Waals surface area contributed by atoms with E-state index < -0.39 is 6.04 Å². The van der Waals surface area contributed by atoms with Gasteiger partial charge in [0.25, 0.3) is 5.91 Å². The van der Waals surface area contributed by atoms with Crippen molar-refractivity contribution >= 4 is 11.9 Å². The normalized spacial score (nSPS) is 18.8. The molecule has 1 aromatic rings. The van der Waals surface area contributed by atoms with Gasteiger partial charge in [0.1, 0.15) is 11.7 Å². The van der Waals surface area contributed by atoms with E-state index in [9.17, 15) is 9.59 Å². The van der Waals surface area contributed by atoms with Gasteiger partial charge < -0.3 is 9.64 Å². The van der Waals surface area contributed by atoms with E-state index in [0.29, 0.717) is 18.7 Å². The molecule has 5 nitrogen and oxygen atoms in total. The number of likely N-dealkylation sites (tertiary alicyclic amines) is 1. The van der Waals surface area contributed by atoms with E-state index in [1.807, 2.05) is 13.0 Å². The lowest BCUT2D eigenvalue weighted by molar-refractivity contribution is -0.145. The lowest BCUT2D eigenvalue weighted by Gasteiger charge is -2.22. The Morgan fingerprint density at radius 2 is 2.22 bits per heavy atom. The van der Waals surface area contributed by atoms with Crippen LogP contribution in [-0.2, 0) is 9.53 Å². The maximum absolute atomic E-state index is 12.3. The highest BCUT2D eigenvalue weighted by Gasteiger charge is 2.35. The van der Waals surface area contributed by atoms with E-state index in [-0.39, 0.29) is 11.9 Å². The summed E-state index contributed by atoms with van der Waals surface area (Å²) in [7, 11) is 1.34. The fourth-order valence-electron chi connectivity index (χ4n) is 2.20. The monoisotopic (exact) mass is 248 g/mol. The lowest BCUT2D eigenvalue weighted by atomic mass is 10.2. The van der Waals surface area contributed by atoms with Crippen LogP contribution in [0.15, 0.2) is 18.2 Å². The van der Waals surface area contributed by atoms with Crippen LogP contribution >= 0.6 is 0 Å². The summed E-state index contributed by atoms with van der Waals surface area (Å²) in [5, 5.41) is 0. The summed E-state index contributed by atoms with van der Waals surface area (Å²) in [4.78, 5) is 29.6. The van der Waals surface area contributed by atoms with Gasteiger partial charge in [-0.25, -0.2) is 9.78 Å². The third kappa shape index (κ3) is 2.34. The summed E-state index contributed by atoms with van der Waals surface area (Å²) < 4.78 is 4.72. The molecule has 0 saturated carbocycles. The SMILES string of the molecule is COC(=O)C1CCCN1C(=O)c1cccc(C)n1. The zero-order chi connectivity index (χ0) is 13.1. The van der Waals surface area contributed by atoms with Gasteiger partial charge in [0.2, 0.25) is 0 Å². The van der Waals surface area contributed by atoms with Crippen molar-refractivity contribution in [1.82, 2.24) is 9.88 Å². The van der Waals surface area contributed by atoms with E-state index in [1.165, 1.54) is 7.11 Å². The molecule has 0 N–H and O–H groups in total. The maximum Gasteiger partial charge on any atom is 0.328 e. The summed E-state index contributed by atoms with van der Waals surface area (Å²) in [5.41, 5.74) is 1.17. The Labute approximate surface area is 106 Å². The quantitative estimate of drug-likeness (QED) is 0.737. The molecule has 1 aliphatic heterocycles. The van der Waals surface area contributed by atoms with Crippen LogP contribution in [0.3, 0.4) is 0 Å². The number of hydrogen-bond donors (Lipinski definition) is 0. The van der Waals surface area contributed by atoms with Crippen molar-refractivity contribution in [2.75, 3.05) is 13.7 Å². The molecule has 2 heterocycles. The van der Waals surface area contributed by atoms with Gasteiger partial charge in [-0.05, 0) is 31.9 Å². The predicted molar refractivity (Wildman–Crippen MR) is 65.0 cm³/mol. The molecule has 0 aliphatic carbocycles. The largest absolute Gasteiger partial charge is 0.467 e. The van der Waals surface area contributed by atoms with Gasteiger partial charge in [-0.15, -0.1) is 0 Å². The molecule has 1 aromatic heterocycles. The fourth-order valence-corrected chi connectivity index (χ4v) is 2.20. The number of esters is 1. The second-order valence-electron chi connectivity index (χ2n) is 4.34. The molecule has 1 atom stereocenters. The van der Waals surface area contributed by atoms with Gasteiger partial charge >= 0.3 is 5.97 Å². The number of pyridine rings is 1. The molecule has 0 bridgehead atoms. The van der Waals surface area contributed by atoms with E-state index in [1.54, 1.807) is 17.0 Å². The summed E-state index contributed by atoms with van der Waals surface area (Å²) in [6.45, 7) is 2.41. The molecule has 0 aromatic carbocycles. The smallest absolute Gasteiger partial charge is 0.328 e. The minimum atomic E-state index is -0.468. The first kappa shape index (κ1) is 12.5. The van der Waals surface area contributed by atoms with Crippen molar-refractivity contribution in [3.63, 3.8) is 0 Å². The van der Waals surface area contributed by atoms with Crippen LogP contribution < -0.4 is 0 Å². The number of hydrogen-bond acceptors (Lipinski definition) is 4. The number of ether oxygens (including phenoxy) is 1. The minimum absolute atomic E-state index is 0.202. The van der Waals surface area contributed by atoms with Gasteiger partial charge in [0.15, 0.2) is 0 Å². The van der Waals surface area contributed by atoms with Gasteiger partial charge in [-0.2, -0.15) is 0 Å². The van der Waals surface area contributed by atoms with Crippen molar-refractivity contribution in [2.45, 2.75) is 25.8 Å². The summed E-state index contributed by atoms with van der Waals surface area (Å²) in [5.74, 6) is -0.555.